The first-order valence-electron chi connectivity index (χ1n) is 11.6. The van der Waals surface area contributed by atoms with Gasteiger partial charge in [-0.05, 0) is 45.5 Å². The summed E-state index contributed by atoms with van der Waals surface area (Å²) < 4.78 is 11.0. The predicted molar refractivity (Wildman–Crippen MR) is 127 cm³/mol. The molecule has 11 nitrogen and oxygen atoms in total. The number of likely N-dealkylation sites (tertiary alicyclic amines) is 1. The summed E-state index contributed by atoms with van der Waals surface area (Å²) in [4.78, 5) is 26.8. The molecule has 0 spiro atoms. The first kappa shape index (κ1) is 27.7. The summed E-state index contributed by atoms with van der Waals surface area (Å²) >= 11 is 1.04. The summed E-state index contributed by atoms with van der Waals surface area (Å²) in [5.41, 5.74) is -0.997. The standard InChI is InChI=1S/C23H34N2O9S/c1-12(26)16(24-21(31)14-7-5-9-25(14)2)20-18(29)17(28)19(30)23(34-20)35-11-10-33-22(32)13-6-3-4-8-15(13)27/h3-4,6,8,12,14,16-20,23,26-30H,5,7,9-11H2,1-2H3,(H,24,31)/t12-,14+,16-,17+,18-,19-,20+,23-/m1/s1. The third kappa shape index (κ3) is 6.64. The molecule has 6 N–H and O–H groups in total. The Morgan fingerprint density at radius 2 is 1.94 bits per heavy atom. The number of aliphatic hydroxyl groups is 4. The van der Waals surface area contributed by atoms with Crippen LogP contribution in [0, 0.1) is 0 Å². The predicted octanol–water partition coefficient (Wildman–Crippen LogP) is -0.950. The minimum Gasteiger partial charge on any atom is -0.507 e. The number of likely N-dealkylation sites (N-methyl/N-ethyl adjacent to an activating group) is 1. The number of carbonyl (C=O) groups is 2. The summed E-state index contributed by atoms with van der Waals surface area (Å²) in [5.74, 6) is -1.05. The Morgan fingerprint density at radius 3 is 2.57 bits per heavy atom. The Morgan fingerprint density at radius 1 is 1.23 bits per heavy atom. The van der Waals surface area contributed by atoms with Gasteiger partial charge in [0.05, 0.1) is 18.2 Å². The number of nitrogens with zero attached hydrogens (tertiary/aromatic N) is 1. The summed E-state index contributed by atoms with van der Waals surface area (Å²) in [6, 6.07) is 4.56. The normalized spacial score (nSPS) is 31.0. The van der Waals surface area contributed by atoms with Crippen molar-refractivity contribution in [3.63, 3.8) is 0 Å². The molecule has 2 fully saturated rings. The van der Waals surface area contributed by atoms with Crippen molar-refractivity contribution < 1.29 is 44.6 Å². The molecule has 2 saturated heterocycles. The third-order valence-electron chi connectivity index (χ3n) is 6.33. The van der Waals surface area contributed by atoms with E-state index in [4.69, 9.17) is 9.47 Å². The molecule has 2 aliphatic rings. The average Bonchev–Trinajstić information content (AvgIpc) is 3.26. The molecule has 1 amide bonds. The van der Waals surface area contributed by atoms with E-state index in [1.54, 1.807) is 12.1 Å². The van der Waals surface area contributed by atoms with Gasteiger partial charge in [-0.2, -0.15) is 0 Å². The van der Waals surface area contributed by atoms with Crippen LogP contribution in [-0.4, -0.2) is 116 Å². The molecule has 0 radical (unpaired) electrons. The van der Waals surface area contributed by atoms with Crippen LogP contribution in [-0.2, 0) is 14.3 Å². The van der Waals surface area contributed by atoms with E-state index in [2.05, 4.69) is 5.32 Å². The van der Waals surface area contributed by atoms with Crippen molar-refractivity contribution in [3.05, 3.63) is 29.8 Å². The second kappa shape index (κ2) is 12.3. The molecule has 2 aliphatic heterocycles. The number of thioether (sulfide) groups is 1. The van der Waals surface area contributed by atoms with Gasteiger partial charge in [-0.1, -0.05) is 12.1 Å². The van der Waals surface area contributed by atoms with Crippen molar-refractivity contribution in [2.24, 2.45) is 0 Å². The maximum atomic E-state index is 12.8. The van der Waals surface area contributed by atoms with Gasteiger partial charge in [0, 0.05) is 5.75 Å². The topological polar surface area (TPSA) is 169 Å². The molecule has 1 aromatic carbocycles. The smallest absolute Gasteiger partial charge is 0.341 e. The first-order chi connectivity index (χ1) is 16.6. The zero-order valence-corrected chi connectivity index (χ0v) is 20.5. The molecule has 0 aromatic heterocycles. The molecule has 12 heteroatoms. The summed E-state index contributed by atoms with van der Waals surface area (Å²) in [7, 11) is 1.83. The van der Waals surface area contributed by atoms with E-state index in [9.17, 15) is 35.1 Å². The van der Waals surface area contributed by atoms with Crippen LogP contribution in [0.2, 0.25) is 0 Å². The molecule has 0 saturated carbocycles. The van der Waals surface area contributed by atoms with Gasteiger partial charge >= 0.3 is 5.97 Å². The lowest BCUT2D eigenvalue weighted by Crippen LogP contribution is -2.65. The maximum Gasteiger partial charge on any atom is 0.341 e. The van der Waals surface area contributed by atoms with E-state index < -0.39 is 48.0 Å². The van der Waals surface area contributed by atoms with Gasteiger partial charge < -0.3 is 40.3 Å². The van der Waals surface area contributed by atoms with Crippen molar-refractivity contribution in [2.45, 2.75) is 67.8 Å². The molecule has 35 heavy (non-hydrogen) atoms. The lowest BCUT2D eigenvalue weighted by Gasteiger charge is -2.44. The van der Waals surface area contributed by atoms with Crippen LogP contribution in [0.4, 0.5) is 0 Å². The minimum atomic E-state index is -1.58. The highest BCUT2D eigenvalue weighted by atomic mass is 32.2. The van der Waals surface area contributed by atoms with Crippen LogP contribution < -0.4 is 5.32 Å². The van der Waals surface area contributed by atoms with Crippen molar-refractivity contribution in [1.82, 2.24) is 10.2 Å². The summed E-state index contributed by atoms with van der Waals surface area (Å²) in [5, 5.41) is 54.2. The number of phenols is 1. The van der Waals surface area contributed by atoms with Crippen molar-refractivity contribution in [2.75, 3.05) is 26.0 Å². The Kier molecular flexibility index (Phi) is 9.76. The van der Waals surface area contributed by atoms with Gasteiger partial charge in [0.15, 0.2) is 0 Å². The molecular weight excluding hydrogens is 480 g/mol. The van der Waals surface area contributed by atoms with E-state index in [1.807, 2.05) is 11.9 Å². The molecule has 196 valence electrons. The molecule has 0 bridgehead atoms. The van der Waals surface area contributed by atoms with E-state index >= 15 is 0 Å². The number of para-hydroxylation sites is 1. The van der Waals surface area contributed by atoms with Crippen LogP contribution in [0.15, 0.2) is 24.3 Å². The largest absolute Gasteiger partial charge is 0.507 e. The minimum absolute atomic E-state index is 0.0217. The molecule has 3 rings (SSSR count). The Labute approximate surface area is 208 Å². The first-order valence-corrected chi connectivity index (χ1v) is 12.6. The van der Waals surface area contributed by atoms with Gasteiger partial charge in [-0.25, -0.2) is 4.79 Å². The van der Waals surface area contributed by atoms with Crippen LogP contribution in [0.3, 0.4) is 0 Å². The number of aromatic hydroxyl groups is 1. The van der Waals surface area contributed by atoms with Crippen LogP contribution in [0.25, 0.3) is 0 Å². The van der Waals surface area contributed by atoms with Gasteiger partial charge in [-0.3, -0.25) is 9.69 Å². The van der Waals surface area contributed by atoms with E-state index in [0.717, 1.165) is 24.7 Å². The number of carbonyl (C=O) groups excluding carboxylic acids is 2. The number of nitrogens with one attached hydrogen (secondary N) is 1. The van der Waals surface area contributed by atoms with Crippen LogP contribution in [0.5, 0.6) is 5.75 Å². The number of hydrogen-bond donors (Lipinski definition) is 6. The van der Waals surface area contributed by atoms with Gasteiger partial charge in [-0.15, -0.1) is 11.8 Å². The highest BCUT2D eigenvalue weighted by Crippen LogP contribution is 2.31. The van der Waals surface area contributed by atoms with E-state index in [1.165, 1.54) is 19.1 Å². The fourth-order valence-corrected chi connectivity index (χ4v) is 5.29. The second-order valence-electron chi connectivity index (χ2n) is 8.88. The lowest BCUT2D eigenvalue weighted by molar-refractivity contribution is -0.211. The number of benzene rings is 1. The van der Waals surface area contributed by atoms with Gasteiger partial charge in [0.25, 0.3) is 0 Å². The zero-order valence-electron chi connectivity index (χ0n) is 19.7. The van der Waals surface area contributed by atoms with Gasteiger partial charge in [0.1, 0.15) is 47.8 Å². The van der Waals surface area contributed by atoms with E-state index in [0.29, 0.717) is 6.42 Å². The average molecular weight is 515 g/mol. The molecular formula is C23H34N2O9S. The Balaban J connectivity index is 1.59. The molecule has 0 unspecified atom stereocenters. The zero-order chi connectivity index (χ0) is 25.7. The molecule has 1 aromatic rings. The Hall–Kier alpha value is -1.93. The Bertz CT molecular complexity index is 873. The van der Waals surface area contributed by atoms with Gasteiger partial charge in [0.2, 0.25) is 5.91 Å². The van der Waals surface area contributed by atoms with Crippen LogP contribution >= 0.6 is 11.8 Å². The maximum absolute atomic E-state index is 12.8. The van der Waals surface area contributed by atoms with E-state index in [-0.39, 0.29) is 35.6 Å². The number of esters is 1. The van der Waals surface area contributed by atoms with Crippen LogP contribution in [0.1, 0.15) is 30.1 Å². The fourth-order valence-electron chi connectivity index (χ4n) is 4.31. The SMILES string of the molecule is C[C@@H](O)[C@@H](NC(=O)[C@@H]1CCCN1C)[C@@H]1O[C@H](SCCOC(=O)c2ccccc2O)[C@H](O)[C@@H](O)[C@H]1O. The summed E-state index contributed by atoms with van der Waals surface area (Å²) in [6.45, 7) is 2.15. The molecule has 2 heterocycles. The van der Waals surface area contributed by atoms with Crippen molar-refractivity contribution >= 4 is 23.6 Å². The molecule has 8 atom stereocenters. The van der Waals surface area contributed by atoms with Crippen molar-refractivity contribution in [1.29, 1.82) is 0 Å². The monoisotopic (exact) mass is 514 g/mol. The number of amides is 1. The number of rotatable bonds is 9. The quantitative estimate of drug-likeness (QED) is 0.177. The highest BCUT2D eigenvalue weighted by Gasteiger charge is 2.48. The fraction of sp³-hybridized carbons (Fsp3) is 0.652. The van der Waals surface area contributed by atoms with Crippen molar-refractivity contribution in [3.8, 4) is 5.75 Å². The molecule has 0 aliphatic carbocycles. The lowest BCUT2D eigenvalue weighted by atomic mass is 9.92. The number of hydrogen-bond acceptors (Lipinski definition) is 11. The summed E-state index contributed by atoms with van der Waals surface area (Å²) in [6.07, 6.45) is -5.35. The number of ether oxygens (including phenoxy) is 2. The third-order valence-corrected chi connectivity index (χ3v) is 7.46. The number of phenolic OH excluding ortho intramolecular Hbond substituents is 1. The second-order valence-corrected chi connectivity index (χ2v) is 10.1. The highest BCUT2D eigenvalue weighted by molar-refractivity contribution is 7.99. The number of aliphatic hydroxyl groups excluding tert-OH is 4.